The van der Waals surface area contributed by atoms with Crippen LogP contribution in [0.1, 0.15) is 74.2 Å². The van der Waals surface area contributed by atoms with E-state index in [2.05, 4.69) is 47.5 Å². The molecule has 0 bridgehead atoms. The Morgan fingerprint density at radius 3 is 2.23 bits per heavy atom. The summed E-state index contributed by atoms with van der Waals surface area (Å²) in [4.78, 5) is 11.6. The number of carbonyl (C=O) groups excluding carboxylic acids is 1. The number of anilines is 1. The zero-order valence-electron chi connectivity index (χ0n) is 18.3. The summed E-state index contributed by atoms with van der Waals surface area (Å²) in [5.41, 5.74) is 3.02. The van der Waals surface area contributed by atoms with Crippen molar-refractivity contribution in [2.45, 2.75) is 64.7 Å². The second-order valence-electron chi connectivity index (χ2n) is 7.44. The van der Waals surface area contributed by atoms with Crippen molar-refractivity contribution in [1.82, 2.24) is 0 Å². The van der Waals surface area contributed by atoms with Crippen LogP contribution in [0.2, 0.25) is 0 Å². The molecular weight excluding hydrogens is 370 g/mol. The Hall–Kier alpha value is -2.73. The number of hydrogen-bond acceptors (Lipinski definition) is 3. The number of carbonyl (C=O) groups is 1. The van der Waals surface area contributed by atoms with Gasteiger partial charge in [-0.2, -0.15) is 0 Å². The second-order valence-corrected chi connectivity index (χ2v) is 7.44. The predicted molar refractivity (Wildman–Crippen MR) is 126 cm³/mol. The molecule has 0 atom stereocenters. The molecule has 0 saturated carbocycles. The van der Waals surface area contributed by atoms with E-state index in [-0.39, 0.29) is 5.97 Å². The van der Waals surface area contributed by atoms with Crippen LogP contribution in [0.3, 0.4) is 0 Å². The number of ether oxygens (including phenoxy) is 1. The highest BCUT2D eigenvalue weighted by Crippen LogP contribution is 2.12. The van der Waals surface area contributed by atoms with Gasteiger partial charge in [0.25, 0.3) is 0 Å². The number of hydrogen-bond donors (Lipinski definition) is 1. The summed E-state index contributed by atoms with van der Waals surface area (Å²) in [6, 6.07) is 18.1. The first-order valence-corrected chi connectivity index (χ1v) is 11.3. The van der Waals surface area contributed by atoms with Crippen LogP contribution in [0.5, 0.6) is 0 Å². The van der Waals surface area contributed by atoms with Crippen LogP contribution in [-0.2, 0) is 11.2 Å². The van der Waals surface area contributed by atoms with E-state index in [4.69, 9.17) is 4.74 Å². The fraction of sp³-hybridized carbons (Fsp3) is 0.444. The Morgan fingerprint density at radius 1 is 0.833 bits per heavy atom. The van der Waals surface area contributed by atoms with Crippen molar-refractivity contribution in [3.63, 3.8) is 0 Å². The Kier molecular flexibility index (Phi) is 11.9. The predicted octanol–water partition coefficient (Wildman–Crippen LogP) is 6.64. The van der Waals surface area contributed by atoms with Crippen molar-refractivity contribution in [1.29, 1.82) is 0 Å². The average Bonchev–Trinajstić information content (AvgIpc) is 2.78. The average molecular weight is 406 g/mol. The van der Waals surface area contributed by atoms with Gasteiger partial charge >= 0.3 is 5.97 Å². The normalized spacial score (nSPS) is 10.2. The molecular formula is C27H35NO2. The number of aryl methyl sites for hydroxylation is 1. The first-order valence-electron chi connectivity index (χ1n) is 11.3. The van der Waals surface area contributed by atoms with Gasteiger partial charge in [0.15, 0.2) is 0 Å². The highest BCUT2D eigenvalue weighted by molar-refractivity contribution is 5.89. The molecule has 0 aliphatic carbocycles. The first kappa shape index (κ1) is 23.5. The van der Waals surface area contributed by atoms with Gasteiger partial charge in [0.05, 0.1) is 12.2 Å². The minimum atomic E-state index is -0.262. The summed E-state index contributed by atoms with van der Waals surface area (Å²) in [5, 5.41) is 3.41. The lowest BCUT2D eigenvalue weighted by molar-refractivity contribution is 0.0526. The summed E-state index contributed by atoms with van der Waals surface area (Å²) in [5.74, 6) is 6.35. The lowest BCUT2D eigenvalue weighted by atomic mass is 10.1. The molecule has 3 heteroatoms. The number of unbranched alkanes of at least 4 members (excludes halogenated alkanes) is 6. The number of benzene rings is 2. The highest BCUT2D eigenvalue weighted by Gasteiger charge is 2.05. The van der Waals surface area contributed by atoms with E-state index in [0.29, 0.717) is 12.2 Å². The molecule has 0 aromatic heterocycles. The summed E-state index contributed by atoms with van der Waals surface area (Å²) in [7, 11) is 0. The molecule has 0 aliphatic rings. The van der Waals surface area contributed by atoms with E-state index >= 15 is 0 Å². The minimum absolute atomic E-state index is 0.262. The van der Waals surface area contributed by atoms with E-state index in [1.165, 1.54) is 44.1 Å². The van der Waals surface area contributed by atoms with Crippen molar-refractivity contribution in [2.75, 3.05) is 18.5 Å². The standard InChI is InChI=1S/C27H35NO2/c1-2-30-27(29)25-19-21-26(22-20-25)28-23-15-10-8-6-4-3-5-7-9-12-16-24-17-13-11-14-18-24/h11,13-14,17-22,28H,2-6,8,10,12,15-16,23H2,1H3. The Balaban J connectivity index is 1.41. The monoisotopic (exact) mass is 405 g/mol. The Bertz CT molecular complexity index is 772. The molecule has 0 spiro atoms. The topological polar surface area (TPSA) is 38.3 Å². The maximum Gasteiger partial charge on any atom is 0.338 e. The molecule has 0 heterocycles. The van der Waals surface area contributed by atoms with Crippen LogP contribution in [0.25, 0.3) is 0 Å². The minimum Gasteiger partial charge on any atom is -0.462 e. The molecule has 160 valence electrons. The van der Waals surface area contributed by atoms with Crippen LogP contribution in [-0.4, -0.2) is 19.1 Å². The lowest BCUT2D eigenvalue weighted by Gasteiger charge is -2.07. The summed E-state index contributed by atoms with van der Waals surface area (Å²) in [6.07, 6.45) is 10.5. The van der Waals surface area contributed by atoms with Gasteiger partial charge in [0, 0.05) is 25.1 Å². The molecule has 0 unspecified atom stereocenters. The quantitative estimate of drug-likeness (QED) is 0.230. The fourth-order valence-electron chi connectivity index (χ4n) is 3.25. The van der Waals surface area contributed by atoms with Gasteiger partial charge in [-0.15, -0.1) is 11.8 Å². The van der Waals surface area contributed by atoms with Crippen molar-refractivity contribution in [3.05, 3.63) is 65.7 Å². The van der Waals surface area contributed by atoms with Gasteiger partial charge in [0.1, 0.15) is 0 Å². The Morgan fingerprint density at radius 2 is 1.50 bits per heavy atom. The van der Waals surface area contributed by atoms with Crippen LogP contribution >= 0.6 is 0 Å². The maximum absolute atomic E-state index is 11.6. The van der Waals surface area contributed by atoms with Gasteiger partial charge in [0.2, 0.25) is 0 Å². The van der Waals surface area contributed by atoms with Crippen LogP contribution in [0.15, 0.2) is 54.6 Å². The molecule has 1 N–H and O–H groups in total. The van der Waals surface area contributed by atoms with Crippen molar-refractivity contribution in [2.24, 2.45) is 0 Å². The number of nitrogens with one attached hydrogen (secondary N) is 1. The van der Waals surface area contributed by atoms with Gasteiger partial charge < -0.3 is 10.1 Å². The van der Waals surface area contributed by atoms with Crippen molar-refractivity contribution in [3.8, 4) is 11.8 Å². The molecule has 3 nitrogen and oxygen atoms in total. The molecule has 2 rings (SSSR count). The summed E-state index contributed by atoms with van der Waals surface area (Å²) < 4.78 is 5.00. The third kappa shape index (κ3) is 10.2. The van der Waals surface area contributed by atoms with Gasteiger partial charge in [-0.1, -0.05) is 56.0 Å². The van der Waals surface area contributed by atoms with Crippen molar-refractivity contribution < 1.29 is 9.53 Å². The molecule has 0 saturated heterocycles. The second kappa shape index (κ2) is 15.2. The van der Waals surface area contributed by atoms with Gasteiger partial charge in [-0.3, -0.25) is 0 Å². The van der Waals surface area contributed by atoms with E-state index in [1.807, 2.05) is 31.2 Å². The molecule has 2 aromatic rings. The molecule has 0 radical (unpaired) electrons. The fourth-order valence-corrected chi connectivity index (χ4v) is 3.25. The van der Waals surface area contributed by atoms with E-state index in [1.54, 1.807) is 0 Å². The summed E-state index contributed by atoms with van der Waals surface area (Å²) in [6.45, 7) is 3.18. The zero-order chi connectivity index (χ0) is 21.3. The molecule has 2 aromatic carbocycles. The molecule has 30 heavy (non-hydrogen) atoms. The summed E-state index contributed by atoms with van der Waals surface area (Å²) >= 11 is 0. The lowest BCUT2D eigenvalue weighted by Crippen LogP contribution is -2.05. The van der Waals surface area contributed by atoms with Gasteiger partial charge in [-0.25, -0.2) is 4.79 Å². The van der Waals surface area contributed by atoms with Crippen LogP contribution in [0.4, 0.5) is 5.69 Å². The van der Waals surface area contributed by atoms with Gasteiger partial charge in [-0.05, 0) is 56.0 Å². The first-order chi connectivity index (χ1) is 14.8. The number of esters is 1. The smallest absolute Gasteiger partial charge is 0.338 e. The van der Waals surface area contributed by atoms with E-state index in [9.17, 15) is 4.79 Å². The molecule has 0 aliphatic heterocycles. The number of rotatable bonds is 13. The third-order valence-corrected chi connectivity index (χ3v) is 4.96. The SMILES string of the molecule is CCOC(=O)c1ccc(NCCCCCCCCC#CCCc2ccccc2)cc1. The Labute approximate surface area is 182 Å². The third-order valence-electron chi connectivity index (χ3n) is 4.96. The van der Waals surface area contributed by atoms with Crippen LogP contribution in [0, 0.1) is 11.8 Å². The highest BCUT2D eigenvalue weighted by atomic mass is 16.5. The zero-order valence-corrected chi connectivity index (χ0v) is 18.3. The largest absolute Gasteiger partial charge is 0.462 e. The van der Waals surface area contributed by atoms with Crippen LogP contribution < -0.4 is 5.32 Å². The molecule has 0 amide bonds. The maximum atomic E-state index is 11.6. The molecule has 0 fully saturated rings. The van der Waals surface area contributed by atoms with E-state index in [0.717, 1.165) is 31.5 Å². The van der Waals surface area contributed by atoms with E-state index < -0.39 is 0 Å². The van der Waals surface area contributed by atoms with Crippen molar-refractivity contribution >= 4 is 11.7 Å².